The molecule has 0 atom stereocenters. The van der Waals surface area contributed by atoms with E-state index in [4.69, 9.17) is 27.9 Å². The van der Waals surface area contributed by atoms with Crippen LogP contribution in [-0.2, 0) is 4.74 Å². The number of aryl methyl sites for hydroxylation is 1. The lowest BCUT2D eigenvalue weighted by atomic mass is 10.2. The summed E-state index contributed by atoms with van der Waals surface area (Å²) in [4.78, 5) is 12.2. The molecule has 0 heterocycles. The van der Waals surface area contributed by atoms with Crippen molar-refractivity contribution in [2.45, 2.75) is 13.8 Å². The van der Waals surface area contributed by atoms with E-state index in [2.05, 4.69) is 0 Å². The Hall–Kier alpha value is -1.39. The predicted molar refractivity (Wildman–Crippen MR) is 72.5 cm³/mol. The van der Waals surface area contributed by atoms with Gasteiger partial charge in [-0.2, -0.15) is 0 Å². The molecule has 0 radical (unpaired) electrons. The molecule has 1 rings (SSSR count). The molecule has 0 aromatic heterocycles. The Bertz CT molecular complexity index is 475. The summed E-state index contributed by atoms with van der Waals surface area (Å²) in [7, 11) is 0. The minimum Gasteiger partial charge on any atom is -0.500 e. The Morgan fingerprint density at radius 2 is 2.17 bits per heavy atom. The van der Waals surface area contributed by atoms with Crippen molar-refractivity contribution < 1.29 is 14.6 Å². The van der Waals surface area contributed by atoms with Crippen LogP contribution in [0.4, 0.5) is 10.5 Å². The van der Waals surface area contributed by atoms with Crippen molar-refractivity contribution in [3.05, 3.63) is 40.2 Å². The molecule has 0 aliphatic heterocycles. The molecule has 0 aliphatic carbocycles. The van der Waals surface area contributed by atoms with Crippen LogP contribution in [0.5, 0.6) is 0 Å². The summed E-state index contributed by atoms with van der Waals surface area (Å²) in [6.07, 6.45) is 1.42. The lowest BCUT2D eigenvalue weighted by Crippen LogP contribution is -2.24. The van der Waals surface area contributed by atoms with E-state index >= 15 is 0 Å². The summed E-state index contributed by atoms with van der Waals surface area (Å²) >= 11 is 11.9. The van der Waals surface area contributed by atoms with Gasteiger partial charge in [0.15, 0.2) is 0 Å². The van der Waals surface area contributed by atoms with Crippen molar-refractivity contribution in [3.8, 4) is 0 Å². The molecule has 0 aliphatic rings. The Kier molecular flexibility index (Phi) is 5.31. The average Bonchev–Trinajstić information content (AvgIpc) is 2.32. The van der Waals surface area contributed by atoms with Gasteiger partial charge < -0.3 is 9.84 Å². The van der Waals surface area contributed by atoms with Crippen LogP contribution in [0.15, 0.2) is 24.6 Å². The number of rotatable bonds is 4. The summed E-state index contributed by atoms with van der Waals surface area (Å²) in [5.74, 6) is 0. The fourth-order valence-electron chi connectivity index (χ4n) is 1.37. The monoisotopic (exact) mass is 289 g/mol. The van der Waals surface area contributed by atoms with Crippen LogP contribution in [0.25, 0.3) is 0 Å². The van der Waals surface area contributed by atoms with E-state index in [9.17, 15) is 9.90 Å². The van der Waals surface area contributed by atoms with Crippen molar-refractivity contribution in [2.24, 2.45) is 0 Å². The van der Waals surface area contributed by atoms with Crippen molar-refractivity contribution in [3.63, 3.8) is 0 Å². The number of hydrogen-bond donors (Lipinski definition) is 1. The van der Waals surface area contributed by atoms with Gasteiger partial charge in [0.2, 0.25) is 0 Å². The normalized spacial score (nSPS) is 10.7. The molecule has 0 unspecified atom stereocenters. The van der Waals surface area contributed by atoms with Gasteiger partial charge in [-0.25, -0.2) is 9.69 Å². The van der Waals surface area contributed by atoms with Crippen molar-refractivity contribution in [1.29, 1.82) is 0 Å². The molecule has 0 bridgehead atoms. The van der Waals surface area contributed by atoms with Gasteiger partial charge >= 0.3 is 6.09 Å². The van der Waals surface area contributed by atoms with Gasteiger partial charge in [-0.05, 0) is 25.5 Å². The van der Waals surface area contributed by atoms with Crippen LogP contribution in [0.2, 0.25) is 10.0 Å². The molecule has 0 saturated heterocycles. The van der Waals surface area contributed by atoms with Crippen molar-refractivity contribution >= 4 is 35.0 Å². The average molecular weight is 290 g/mol. The fourth-order valence-corrected chi connectivity index (χ4v) is 1.82. The van der Waals surface area contributed by atoms with Gasteiger partial charge in [0, 0.05) is 0 Å². The van der Waals surface area contributed by atoms with Crippen LogP contribution in [0.3, 0.4) is 0 Å². The van der Waals surface area contributed by atoms with Gasteiger partial charge in [-0.1, -0.05) is 29.3 Å². The van der Waals surface area contributed by atoms with E-state index in [1.807, 2.05) is 0 Å². The first-order valence-electron chi connectivity index (χ1n) is 5.24. The number of amides is 1. The van der Waals surface area contributed by atoms with Crippen molar-refractivity contribution in [2.75, 3.05) is 11.5 Å². The zero-order valence-corrected chi connectivity index (χ0v) is 11.5. The SMILES string of the molecule is CCO/C=C/N(C(=O)O)c1c(C)ccc(Cl)c1Cl. The number of carbonyl (C=O) groups is 1. The first kappa shape index (κ1) is 14.7. The number of nitrogens with zero attached hydrogens (tertiary/aromatic N) is 1. The summed E-state index contributed by atoms with van der Waals surface area (Å²) in [5, 5.41) is 9.68. The van der Waals surface area contributed by atoms with E-state index in [1.54, 1.807) is 26.0 Å². The molecule has 6 heteroatoms. The molecule has 18 heavy (non-hydrogen) atoms. The highest BCUT2D eigenvalue weighted by molar-refractivity contribution is 6.44. The number of halogens is 2. The predicted octanol–water partition coefficient (Wildman–Crippen LogP) is 4.29. The number of hydrogen-bond acceptors (Lipinski definition) is 2. The van der Waals surface area contributed by atoms with Crippen LogP contribution in [-0.4, -0.2) is 17.8 Å². The minimum absolute atomic E-state index is 0.195. The molecule has 1 aromatic rings. The second-order valence-electron chi connectivity index (χ2n) is 3.42. The molecular formula is C12H13Cl2NO3. The van der Waals surface area contributed by atoms with Gasteiger partial charge in [0.25, 0.3) is 0 Å². The zero-order chi connectivity index (χ0) is 13.7. The number of carboxylic acid groups (broad SMARTS) is 1. The number of benzene rings is 1. The zero-order valence-electron chi connectivity index (χ0n) is 9.98. The van der Waals surface area contributed by atoms with Crippen LogP contribution in [0, 0.1) is 6.92 Å². The highest BCUT2D eigenvalue weighted by atomic mass is 35.5. The lowest BCUT2D eigenvalue weighted by molar-refractivity contribution is 0.203. The second-order valence-corrected chi connectivity index (χ2v) is 4.21. The molecule has 1 aromatic carbocycles. The highest BCUT2D eigenvalue weighted by Crippen LogP contribution is 2.35. The first-order valence-corrected chi connectivity index (χ1v) is 5.99. The molecule has 0 saturated carbocycles. The van der Waals surface area contributed by atoms with Gasteiger partial charge in [0.05, 0.1) is 34.8 Å². The topological polar surface area (TPSA) is 49.8 Å². The van der Waals surface area contributed by atoms with E-state index in [0.717, 1.165) is 4.90 Å². The summed E-state index contributed by atoms with van der Waals surface area (Å²) in [5.41, 5.74) is 1.03. The molecule has 1 amide bonds. The van der Waals surface area contributed by atoms with Crippen LogP contribution >= 0.6 is 23.2 Å². The largest absolute Gasteiger partial charge is 0.500 e. The smallest absolute Gasteiger partial charge is 0.416 e. The molecule has 0 fully saturated rings. The third-order valence-corrected chi connectivity index (χ3v) is 2.98. The van der Waals surface area contributed by atoms with Gasteiger partial charge in [0.1, 0.15) is 0 Å². The Balaban J connectivity index is 3.22. The fraction of sp³-hybridized carbons (Fsp3) is 0.250. The molecule has 98 valence electrons. The highest BCUT2D eigenvalue weighted by Gasteiger charge is 2.19. The van der Waals surface area contributed by atoms with Crippen molar-refractivity contribution in [1.82, 2.24) is 0 Å². The quantitative estimate of drug-likeness (QED) is 0.841. The second kappa shape index (κ2) is 6.52. The van der Waals surface area contributed by atoms with Crippen LogP contribution < -0.4 is 4.90 Å². The maximum Gasteiger partial charge on any atom is 0.416 e. The third-order valence-electron chi connectivity index (χ3n) is 2.19. The van der Waals surface area contributed by atoms with E-state index < -0.39 is 6.09 Å². The van der Waals surface area contributed by atoms with Crippen LogP contribution in [0.1, 0.15) is 12.5 Å². The standard InChI is InChI=1S/C12H13Cl2NO3/c1-3-18-7-6-15(12(16)17)11-8(2)4-5-9(13)10(11)14/h4-7H,3H2,1-2H3,(H,16,17)/b7-6+. The minimum atomic E-state index is -1.17. The molecule has 0 spiro atoms. The number of ether oxygens (including phenoxy) is 1. The Labute approximate surface area is 115 Å². The summed E-state index contributed by atoms with van der Waals surface area (Å²) in [6.45, 7) is 4.00. The molecule has 4 nitrogen and oxygen atoms in total. The third kappa shape index (κ3) is 3.31. The van der Waals surface area contributed by atoms with E-state index in [1.165, 1.54) is 12.5 Å². The van der Waals surface area contributed by atoms with Gasteiger partial charge in [-0.15, -0.1) is 0 Å². The number of anilines is 1. The lowest BCUT2D eigenvalue weighted by Gasteiger charge is -2.19. The first-order chi connectivity index (χ1) is 8.49. The molecule has 1 N–H and O–H groups in total. The van der Waals surface area contributed by atoms with E-state index in [-0.39, 0.29) is 5.02 Å². The summed E-state index contributed by atoms with van der Waals surface area (Å²) < 4.78 is 4.98. The maximum absolute atomic E-state index is 11.2. The Morgan fingerprint density at radius 3 is 2.72 bits per heavy atom. The molecular weight excluding hydrogens is 277 g/mol. The van der Waals surface area contributed by atoms with E-state index in [0.29, 0.717) is 22.9 Å². The maximum atomic E-state index is 11.2. The van der Waals surface area contributed by atoms with Gasteiger partial charge in [-0.3, -0.25) is 0 Å². The summed E-state index contributed by atoms with van der Waals surface area (Å²) in [6, 6.07) is 3.32. The Morgan fingerprint density at radius 1 is 1.50 bits per heavy atom.